The lowest BCUT2D eigenvalue weighted by Crippen LogP contribution is -2.48. The first-order chi connectivity index (χ1) is 9.35. The Morgan fingerprint density at radius 2 is 1.95 bits per heavy atom. The monoisotopic (exact) mass is 304 g/mol. The van der Waals surface area contributed by atoms with Gasteiger partial charge in [0.15, 0.2) is 9.84 Å². The normalized spacial score (nSPS) is 34.0. The van der Waals surface area contributed by atoms with Gasteiger partial charge in [0.05, 0.1) is 29.6 Å². The van der Waals surface area contributed by atoms with E-state index in [1.807, 2.05) is 13.8 Å². The van der Waals surface area contributed by atoms with E-state index in [9.17, 15) is 13.2 Å². The third-order valence-electron chi connectivity index (χ3n) is 3.83. The van der Waals surface area contributed by atoms with Crippen molar-refractivity contribution < 1.29 is 17.9 Å². The molecule has 3 unspecified atom stereocenters. The van der Waals surface area contributed by atoms with Gasteiger partial charge < -0.3 is 10.1 Å². The lowest BCUT2D eigenvalue weighted by atomic mass is 10.1. The van der Waals surface area contributed by atoms with Crippen LogP contribution in [-0.4, -0.2) is 69.1 Å². The van der Waals surface area contributed by atoms with Crippen LogP contribution in [0.1, 0.15) is 20.3 Å². The molecule has 0 aromatic heterocycles. The summed E-state index contributed by atoms with van der Waals surface area (Å²) in [4.78, 5) is 14.2. The second kappa shape index (κ2) is 6.41. The summed E-state index contributed by atoms with van der Waals surface area (Å²) in [6.45, 7) is 7.18. The van der Waals surface area contributed by atoms with Gasteiger partial charge in [-0.15, -0.1) is 0 Å². The third kappa shape index (κ3) is 4.43. The molecule has 0 aromatic rings. The van der Waals surface area contributed by atoms with Crippen molar-refractivity contribution in [3.63, 3.8) is 0 Å². The number of carbonyl (C=O) groups excluding carboxylic acids is 1. The van der Waals surface area contributed by atoms with E-state index in [2.05, 4.69) is 10.2 Å². The van der Waals surface area contributed by atoms with Gasteiger partial charge in [0.2, 0.25) is 5.91 Å². The van der Waals surface area contributed by atoms with Crippen LogP contribution in [0.2, 0.25) is 0 Å². The molecule has 2 aliphatic heterocycles. The van der Waals surface area contributed by atoms with E-state index in [-0.39, 0.29) is 35.5 Å². The summed E-state index contributed by atoms with van der Waals surface area (Å²) in [7, 11) is -2.99. The van der Waals surface area contributed by atoms with E-state index < -0.39 is 9.84 Å². The molecule has 3 atom stereocenters. The van der Waals surface area contributed by atoms with Crippen molar-refractivity contribution >= 4 is 15.7 Å². The highest BCUT2D eigenvalue weighted by Gasteiger charge is 2.32. The number of sulfone groups is 1. The Morgan fingerprint density at radius 1 is 1.30 bits per heavy atom. The highest BCUT2D eigenvalue weighted by Crippen LogP contribution is 2.18. The number of carbonyl (C=O) groups is 1. The predicted molar refractivity (Wildman–Crippen MR) is 76.2 cm³/mol. The molecule has 2 saturated heterocycles. The predicted octanol–water partition coefficient (Wildman–Crippen LogP) is -0.353. The minimum atomic E-state index is -2.99. The quantitative estimate of drug-likeness (QED) is 0.768. The Kier molecular flexibility index (Phi) is 5.04. The fraction of sp³-hybridized carbons (Fsp3) is 0.923. The molecular weight excluding hydrogens is 280 g/mol. The Hall–Kier alpha value is -0.660. The minimum Gasteiger partial charge on any atom is -0.373 e. The summed E-state index contributed by atoms with van der Waals surface area (Å²) >= 11 is 0. The number of hydrogen-bond acceptors (Lipinski definition) is 5. The Labute approximate surface area is 120 Å². The fourth-order valence-corrected chi connectivity index (χ4v) is 4.69. The summed E-state index contributed by atoms with van der Waals surface area (Å²) < 4.78 is 28.3. The molecule has 6 nitrogen and oxygen atoms in total. The molecule has 20 heavy (non-hydrogen) atoms. The van der Waals surface area contributed by atoms with Gasteiger partial charge in [-0.3, -0.25) is 9.69 Å². The summed E-state index contributed by atoms with van der Waals surface area (Å²) in [5.74, 6) is -0.337. The average Bonchev–Trinajstić information content (AvgIpc) is 2.68. The number of nitrogens with zero attached hydrogens (tertiary/aromatic N) is 1. The van der Waals surface area contributed by atoms with Crippen molar-refractivity contribution in [1.82, 2.24) is 10.2 Å². The maximum Gasteiger partial charge on any atom is 0.224 e. The van der Waals surface area contributed by atoms with Crippen LogP contribution in [0.4, 0.5) is 0 Å². The number of morpholine rings is 1. The largest absolute Gasteiger partial charge is 0.373 e. The van der Waals surface area contributed by atoms with Gasteiger partial charge in [-0.05, 0) is 20.3 Å². The zero-order valence-corrected chi connectivity index (χ0v) is 13.0. The topological polar surface area (TPSA) is 75.7 Å². The van der Waals surface area contributed by atoms with E-state index in [0.29, 0.717) is 13.0 Å². The second-order valence-corrected chi connectivity index (χ2v) is 8.14. The number of amides is 1. The average molecular weight is 304 g/mol. The first kappa shape index (κ1) is 15.7. The van der Waals surface area contributed by atoms with Gasteiger partial charge in [0.1, 0.15) is 0 Å². The molecule has 0 bridgehead atoms. The second-order valence-electron chi connectivity index (χ2n) is 5.91. The third-order valence-corrected chi connectivity index (χ3v) is 5.59. The summed E-state index contributed by atoms with van der Waals surface area (Å²) in [5.41, 5.74) is 0. The van der Waals surface area contributed by atoms with E-state index >= 15 is 0 Å². The fourth-order valence-electron chi connectivity index (χ4n) is 2.95. The van der Waals surface area contributed by atoms with Crippen LogP contribution in [-0.2, 0) is 19.4 Å². The number of hydrogen-bond donors (Lipinski definition) is 1. The van der Waals surface area contributed by atoms with Gasteiger partial charge in [-0.25, -0.2) is 8.42 Å². The van der Waals surface area contributed by atoms with Crippen LogP contribution in [0.25, 0.3) is 0 Å². The Bertz CT molecular complexity index is 441. The number of rotatable bonds is 4. The number of nitrogens with one attached hydrogen (secondary N) is 1. The first-order valence-electron chi connectivity index (χ1n) is 7.21. The Balaban J connectivity index is 1.69. The molecule has 1 N–H and O–H groups in total. The molecule has 0 aliphatic carbocycles. The molecule has 116 valence electrons. The minimum absolute atomic E-state index is 0.00442. The SMILES string of the molecule is CC1CN(CCNC(=O)C2CCS(=O)(=O)C2)CC(C)O1. The van der Waals surface area contributed by atoms with Crippen molar-refractivity contribution in [3.05, 3.63) is 0 Å². The van der Waals surface area contributed by atoms with Crippen molar-refractivity contribution in [1.29, 1.82) is 0 Å². The highest BCUT2D eigenvalue weighted by atomic mass is 32.2. The zero-order valence-electron chi connectivity index (χ0n) is 12.2. The van der Waals surface area contributed by atoms with Crippen molar-refractivity contribution in [3.8, 4) is 0 Å². The van der Waals surface area contributed by atoms with Gasteiger partial charge in [0, 0.05) is 26.2 Å². The smallest absolute Gasteiger partial charge is 0.224 e. The van der Waals surface area contributed by atoms with Gasteiger partial charge in [-0.1, -0.05) is 0 Å². The molecule has 0 spiro atoms. The highest BCUT2D eigenvalue weighted by molar-refractivity contribution is 7.91. The van der Waals surface area contributed by atoms with Gasteiger partial charge in [-0.2, -0.15) is 0 Å². The van der Waals surface area contributed by atoms with E-state index in [1.165, 1.54) is 0 Å². The van der Waals surface area contributed by atoms with Crippen molar-refractivity contribution in [2.45, 2.75) is 32.5 Å². The first-order valence-corrected chi connectivity index (χ1v) is 9.04. The summed E-state index contributed by atoms with van der Waals surface area (Å²) in [6.07, 6.45) is 0.892. The van der Waals surface area contributed by atoms with Crippen LogP contribution >= 0.6 is 0 Å². The standard InChI is InChI=1S/C13H24N2O4S/c1-10-7-15(8-11(2)19-10)5-4-14-13(16)12-3-6-20(17,18)9-12/h10-12H,3-9H2,1-2H3,(H,14,16). The summed E-state index contributed by atoms with van der Waals surface area (Å²) in [5, 5.41) is 2.85. The molecule has 0 radical (unpaired) electrons. The van der Waals surface area contributed by atoms with Gasteiger partial charge in [0.25, 0.3) is 0 Å². The molecule has 2 heterocycles. The zero-order chi connectivity index (χ0) is 14.8. The van der Waals surface area contributed by atoms with Gasteiger partial charge >= 0.3 is 0 Å². The van der Waals surface area contributed by atoms with Crippen LogP contribution in [0.3, 0.4) is 0 Å². The molecular formula is C13H24N2O4S. The van der Waals surface area contributed by atoms with Crippen LogP contribution in [0.15, 0.2) is 0 Å². The molecule has 0 aromatic carbocycles. The lowest BCUT2D eigenvalue weighted by Gasteiger charge is -2.35. The summed E-state index contributed by atoms with van der Waals surface area (Å²) in [6, 6.07) is 0. The maximum absolute atomic E-state index is 11.9. The molecule has 0 saturated carbocycles. The Morgan fingerprint density at radius 3 is 2.50 bits per heavy atom. The van der Waals surface area contributed by atoms with E-state index in [0.717, 1.165) is 19.6 Å². The van der Waals surface area contributed by atoms with Crippen LogP contribution in [0.5, 0.6) is 0 Å². The molecule has 1 amide bonds. The molecule has 2 fully saturated rings. The lowest BCUT2D eigenvalue weighted by molar-refractivity contribution is -0.124. The van der Waals surface area contributed by atoms with E-state index in [4.69, 9.17) is 4.74 Å². The van der Waals surface area contributed by atoms with Crippen LogP contribution in [0, 0.1) is 5.92 Å². The maximum atomic E-state index is 11.9. The molecule has 2 rings (SSSR count). The van der Waals surface area contributed by atoms with Crippen molar-refractivity contribution in [2.24, 2.45) is 5.92 Å². The molecule has 2 aliphatic rings. The molecule has 7 heteroatoms. The van der Waals surface area contributed by atoms with Crippen LogP contribution < -0.4 is 5.32 Å². The van der Waals surface area contributed by atoms with Crippen molar-refractivity contribution in [2.75, 3.05) is 37.7 Å². The number of ether oxygens (including phenoxy) is 1. The van der Waals surface area contributed by atoms with E-state index in [1.54, 1.807) is 0 Å².